The zero-order valence-electron chi connectivity index (χ0n) is 11.0. The molecule has 5 nitrogen and oxygen atoms in total. The summed E-state index contributed by atoms with van der Waals surface area (Å²) in [6.07, 6.45) is 1.07. The Labute approximate surface area is 120 Å². The van der Waals surface area contributed by atoms with Crippen LogP contribution < -0.4 is 10.6 Å². The van der Waals surface area contributed by atoms with Crippen LogP contribution in [0.2, 0.25) is 0 Å². The molecule has 19 heavy (non-hydrogen) atoms. The molecule has 6 heteroatoms. The van der Waals surface area contributed by atoms with Crippen molar-refractivity contribution in [2.24, 2.45) is 0 Å². The molecule has 0 fully saturated rings. The van der Waals surface area contributed by atoms with Gasteiger partial charge in [-0.2, -0.15) is 0 Å². The molecule has 0 aliphatic heterocycles. The number of nitrogens with zero attached hydrogens (tertiary/aromatic N) is 2. The van der Waals surface area contributed by atoms with Crippen LogP contribution in [-0.4, -0.2) is 16.7 Å². The zero-order chi connectivity index (χ0) is 13.7. The third-order valence-electron chi connectivity index (χ3n) is 2.63. The van der Waals surface area contributed by atoms with Crippen molar-refractivity contribution in [2.75, 3.05) is 11.9 Å². The number of anilines is 2. The molecule has 1 unspecified atom stereocenters. The highest BCUT2D eigenvalue weighted by atomic mass is 79.9. The first-order chi connectivity index (χ1) is 9.20. The monoisotopic (exact) mass is 324 g/mol. The summed E-state index contributed by atoms with van der Waals surface area (Å²) in [5.41, 5.74) is 0.895. The van der Waals surface area contributed by atoms with Gasteiger partial charge in [-0.25, -0.2) is 0 Å². The number of hydrogen-bond donors (Lipinski definition) is 2. The number of halogens is 1. The lowest BCUT2D eigenvalue weighted by atomic mass is 10.3. The first kappa shape index (κ1) is 14.0. The third kappa shape index (κ3) is 3.78. The molecule has 1 atom stereocenters. The van der Waals surface area contributed by atoms with Gasteiger partial charge in [-0.05, 0) is 48.0 Å². The predicted molar refractivity (Wildman–Crippen MR) is 78.4 cm³/mol. The van der Waals surface area contributed by atoms with Crippen LogP contribution in [0.3, 0.4) is 0 Å². The molecule has 102 valence electrons. The lowest BCUT2D eigenvalue weighted by Gasteiger charge is -2.07. The normalized spacial score (nSPS) is 12.4. The van der Waals surface area contributed by atoms with Crippen molar-refractivity contribution in [1.29, 1.82) is 0 Å². The van der Waals surface area contributed by atoms with Crippen molar-refractivity contribution in [2.45, 2.75) is 26.3 Å². The molecule has 0 aliphatic carbocycles. The maximum Gasteiger partial charge on any atom is 0.320 e. The van der Waals surface area contributed by atoms with E-state index < -0.39 is 0 Å². The molecule has 0 spiro atoms. The van der Waals surface area contributed by atoms with Crippen molar-refractivity contribution in [3.8, 4) is 0 Å². The van der Waals surface area contributed by atoms with E-state index in [1.807, 2.05) is 31.2 Å². The zero-order valence-corrected chi connectivity index (χ0v) is 12.6. The van der Waals surface area contributed by atoms with Crippen molar-refractivity contribution >= 4 is 27.6 Å². The third-order valence-corrected chi connectivity index (χ3v) is 3.32. The summed E-state index contributed by atoms with van der Waals surface area (Å²) >= 11 is 3.46. The fraction of sp³-hybridized carbons (Fsp3) is 0.385. The van der Waals surface area contributed by atoms with Gasteiger partial charge in [0.15, 0.2) is 0 Å². The van der Waals surface area contributed by atoms with Gasteiger partial charge in [0.05, 0.1) is 11.7 Å². The van der Waals surface area contributed by atoms with Gasteiger partial charge < -0.3 is 15.1 Å². The predicted octanol–water partition coefficient (Wildman–Crippen LogP) is 3.64. The minimum absolute atomic E-state index is 0.0576. The number of hydrogen-bond acceptors (Lipinski definition) is 5. The van der Waals surface area contributed by atoms with E-state index >= 15 is 0 Å². The van der Waals surface area contributed by atoms with Gasteiger partial charge in [-0.3, -0.25) is 0 Å². The van der Waals surface area contributed by atoms with Crippen LogP contribution in [0.4, 0.5) is 11.7 Å². The van der Waals surface area contributed by atoms with Gasteiger partial charge in [-0.1, -0.05) is 24.2 Å². The minimum atomic E-state index is 0.0576. The Morgan fingerprint density at radius 1 is 1.32 bits per heavy atom. The molecule has 1 aromatic heterocycles. The van der Waals surface area contributed by atoms with Crippen LogP contribution >= 0.6 is 15.9 Å². The van der Waals surface area contributed by atoms with Crippen LogP contribution in [0.1, 0.15) is 32.2 Å². The Bertz CT molecular complexity index is 529. The molecule has 0 radical (unpaired) electrons. The quantitative estimate of drug-likeness (QED) is 0.849. The Kier molecular flexibility index (Phi) is 4.93. The van der Waals surface area contributed by atoms with Gasteiger partial charge in [0, 0.05) is 4.47 Å². The number of rotatable bonds is 6. The van der Waals surface area contributed by atoms with E-state index in [1.165, 1.54) is 0 Å². The van der Waals surface area contributed by atoms with E-state index in [0.717, 1.165) is 23.1 Å². The van der Waals surface area contributed by atoms with Gasteiger partial charge in [0.2, 0.25) is 5.89 Å². The van der Waals surface area contributed by atoms with E-state index in [2.05, 4.69) is 43.7 Å². The standard InChI is InChI=1S/C13H17BrN4O/c1-3-8-15-9(2)12-17-18-13(19-12)16-11-7-5-4-6-10(11)14/h4-7,9,15H,3,8H2,1-2H3,(H,16,18). The highest BCUT2D eigenvalue weighted by molar-refractivity contribution is 9.10. The molecular weight excluding hydrogens is 308 g/mol. The molecule has 2 N–H and O–H groups in total. The molecule has 0 amide bonds. The van der Waals surface area contributed by atoms with E-state index in [1.54, 1.807) is 0 Å². The summed E-state index contributed by atoms with van der Waals surface area (Å²) < 4.78 is 6.54. The molecular formula is C13H17BrN4O. The van der Waals surface area contributed by atoms with Crippen molar-refractivity contribution in [1.82, 2.24) is 15.5 Å². The number of para-hydroxylation sites is 1. The molecule has 1 heterocycles. The molecule has 0 bridgehead atoms. The van der Waals surface area contributed by atoms with Gasteiger partial charge in [0.25, 0.3) is 0 Å². The minimum Gasteiger partial charge on any atom is -0.406 e. The lowest BCUT2D eigenvalue weighted by molar-refractivity contribution is 0.424. The Morgan fingerprint density at radius 2 is 2.11 bits per heavy atom. The number of benzene rings is 1. The van der Waals surface area contributed by atoms with E-state index in [0.29, 0.717) is 11.9 Å². The lowest BCUT2D eigenvalue weighted by Crippen LogP contribution is -2.19. The molecule has 2 rings (SSSR count). The number of aromatic nitrogens is 2. The first-order valence-electron chi connectivity index (χ1n) is 6.29. The van der Waals surface area contributed by atoms with Crippen molar-refractivity contribution in [3.05, 3.63) is 34.6 Å². The maximum atomic E-state index is 5.58. The van der Waals surface area contributed by atoms with Gasteiger partial charge in [-0.15, -0.1) is 5.10 Å². The average molecular weight is 325 g/mol. The molecule has 0 aliphatic rings. The van der Waals surface area contributed by atoms with Crippen LogP contribution in [0.5, 0.6) is 0 Å². The fourth-order valence-corrected chi connectivity index (χ4v) is 1.97. The largest absolute Gasteiger partial charge is 0.406 e. The molecule has 1 aromatic carbocycles. The Morgan fingerprint density at radius 3 is 2.84 bits per heavy atom. The SMILES string of the molecule is CCCNC(C)c1nnc(Nc2ccccc2Br)o1. The van der Waals surface area contributed by atoms with E-state index in [-0.39, 0.29) is 6.04 Å². The Balaban J connectivity index is 2.03. The highest BCUT2D eigenvalue weighted by Crippen LogP contribution is 2.25. The molecule has 0 saturated heterocycles. The van der Waals surface area contributed by atoms with Crippen molar-refractivity contribution in [3.63, 3.8) is 0 Å². The summed E-state index contributed by atoms with van der Waals surface area (Å²) in [5.74, 6) is 0.586. The summed E-state index contributed by atoms with van der Waals surface area (Å²) in [5, 5.41) is 14.4. The molecule has 2 aromatic rings. The second kappa shape index (κ2) is 6.68. The summed E-state index contributed by atoms with van der Waals surface area (Å²) in [7, 11) is 0. The fourth-order valence-electron chi connectivity index (χ4n) is 1.59. The second-order valence-electron chi connectivity index (χ2n) is 4.23. The number of nitrogens with one attached hydrogen (secondary N) is 2. The second-order valence-corrected chi connectivity index (χ2v) is 5.08. The molecule has 0 saturated carbocycles. The highest BCUT2D eigenvalue weighted by Gasteiger charge is 2.13. The van der Waals surface area contributed by atoms with Crippen LogP contribution in [0.25, 0.3) is 0 Å². The van der Waals surface area contributed by atoms with E-state index in [9.17, 15) is 0 Å². The van der Waals surface area contributed by atoms with Crippen LogP contribution in [0, 0.1) is 0 Å². The van der Waals surface area contributed by atoms with Crippen LogP contribution in [-0.2, 0) is 0 Å². The van der Waals surface area contributed by atoms with E-state index in [4.69, 9.17) is 4.42 Å². The first-order valence-corrected chi connectivity index (χ1v) is 7.08. The smallest absolute Gasteiger partial charge is 0.320 e. The van der Waals surface area contributed by atoms with Gasteiger partial charge >= 0.3 is 6.01 Å². The average Bonchev–Trinajstić information content (AvgIpc) is 2.87. The van der Waals surface area contributed by atoms with Gasteiger partial charge in [0.1, 0.15) is 0 Å². The summed E-state index contributed by atoms with van der Waals surface area (Å²) in [6, 6.07) is 8.23. The Hall–Kier alpha value is -1.40. The van der Waals surface area contributed by atoms with Crippen LogP contribution in [0.15, 0.2) is 33.2 Å². The summed E-state index contributed by atoms with van der Waals surface area (Å²) in [4.78, 5) is 0. The maximum absolute atomic E-state index is 5.58. The summed E-state index contributed by atoms with van der Waals surface area (Å²) in [6.45, 7) is 5.05. The topological polar surface area (TPSA) is 63.0 Å². The van der Waals surface area contributed by atoms with Crippen molar-refractivity contribution < 1.29 is 4.42 Å².